The van der Waals surface area contributed by atoms with E-state index in [2.05, 4.69) is 36.6 Å². The number of benzene rings is 2. The first-order chi connectivity index (χ1) is 11.3. The molecule has 0 radical (unpaired) electrons. The summed E-state index contributed by atoms with van der Waals surface area (Å²) in [5, 5.41) is 0.986. The third kappa shape index (κ3) is 3.44. The molecule has 0 atom stereocenters. The Hall–Kier alpha value is -1.15. The average Bonchev–Trinajstić information content (AvgIpc) is 2.83. The number of nitrogens with zero attached hydrogens (tertiary/aromatic N) is 1. The minimum absolute atomic E-state index is 0.255. The molecular weight excluding hydrogens is 456 g/mol. The van der Waals surface area contributed by atoms with Crippen molar-refractivity contribution in [3.05, 3.63) is 62.7 Å². The molecule has 3 rings (SSSR count). The number of halogens is 2. The fourth-order valence-electron chi connectivity index (χ4n) is 2.56. The summed E-state index contributed by atoms with van der Waals surface area (Å²) in [6.07, 6.45) is 1.92. The topological polar surface area (TPSA) is 51.1 Å². The normalized spacial score (nSPS) is 12.0. The SMILES string of the molecule is Cc1cc(CNS(=O)(=O)c2ccc3c(Br)cn(C)c3c2)ccc1Br. The van der Waals surface area contributed by atoms with E-state index in [-0.39, 0.29) is 11.4 Å². The highest BCUT2D eigenvalue weighted by Crippen LogP contribution is 2.27. The largest absolute Gasteiger partial charge is 0.349 e. The second-order valence-electron chi connectivity index (χ2n) is 5.67. The van der Waals surface area contributed by atoms with Gasteiger partial charge >= 0.3 is 0 Å². The van der Waals surface area contributed by atoms with E-state index in [1.54, 1.807) is 12.1 Å². The van der Waals surface area contributed by atoms with Crippen LogP contribution in [0, 0.1) is 6.92 Å². The minimum atomic E-state index is -3.57. The van der Waals surface area contributed by atoms with Gasteiger partial charge in [-0.3, -0.25) is 0 Å². The Kier molecular flexibility index (Phi) is 4.88. The van der Waals surface area contributed by atoms with E-state index in [9.17, 15) is 8.42 Å². The fraction of sp³-hybridized carbons (Fsp3) is 0.176. The van der Waals surface area contributed by atoms with Gasteiger partial charge in [-0.15, -0.1) is 0 Å². The van der Waals surface area contributed by atoms with E-state index in [0.717, 1.165) is 31.0 Å². The Morgan fingerprint density at radius 2 is 1.83 bits per heavy atom. The molecule has 0 saturated heterocycles. The number of nitrogens with one attached hydrogen (secondary N) is 1. The smallest absolute Gasteiger partial charge is 0.240 e. The van der Waals surface area contributed by atoms with Gasteiger partial charge in [0, 0.05) is 34.1 Å². The highest BCUT2D eigenvalue weighted by atomic mass is 79.9. The summed E-state index contributed by atoms with van der Waals surface area (Å²) in [6.45, 7) is 2.23. The summed E-state index contributed by atoms with van der Waals surface area (Å²) in [5.74, 6) is 0. The summed E-state index contributed by atoms with van der Waals surface area (Å²) < 4.78 is 31.7. The van der Waals surface area contributed by atoms with E-state index in [0.29, 0.717) is 0 Å². The molecule has 0 aliphatic rings. The van der Waals surface area contributed by atoms with Gasteiger partial charge in [-0.25, -0.2) is 13.1 Å². The standard InChI is InChI=1S/C17H16Br2N2O2S/c1-11-7-12(3-6-15(11)18)9-20-24(22,23)13-4-5-14-16(19)10-21(2)17(14)8-13/h3-8,10,20H,9H2,1-2H3. The van der Waals surface area contributed by atoms with Crippen molar-refractivity contribution in [2.24, 2.45) is 7.05 Å². The molecule has 0 aliphatic carbocycles. The van der Waals surface area contributed by atoms with Gasteiger partial charge in [-0.2, -0.15) is 0 Å². The molecule has 7 heteroatoms. The molecule has 4 nitrogen and oxygen atoms in total. The Morgan fingerprint density at radius 3 is 2.54 bits per heavy atom. The lowest BCUT2D eigenvalue weighted by atomic mass is 10.1. The second kappa shape index (κ2) is 6.63. The van der Waals surface area contributed by atoms with E-state index in [4.69, 9.17) is 0 Å². The van der Waals surface area contributed by atoms with Crippen LogP contribution in [0.3, 0.4) is 0 Å². The van der Waals surface area contributed by atoms with Gasteiger partial charge in [0.1, 0.15) is 0 Å². The molecule has 24 heavy (non-hydrogen) atoms. The van der Waals surface area contributed by atoms with Gasteiger partial charge in [-0.1, -0.05) is 34.1 Å². The van der Waals surface area contributed by atoms with Crippen LogP contribution in [0.1, 0.15) is 11.1 Å². The van der Waals surface area contributed by atoms with Gasteiger partial charge in [-0.05, 0) is 52.2 Å². The van der Waals surface area contributed by atoms with Crippen molar-refractivity contribution in [2.75, 3.05) is 0 Å². The first-order valence-corrected chi connectivity index (χ1v) is 10.3. The van der Waals surface area contributed by atoms with Crippen LogP contribution in [0.5, 0.6) is 0 Å². The fourth-order valence-corrected chi connectivity index (χ4v) is 4.49. The van der Waals surface area contributed by atoms with Crippen molar-refractivity contribution in [3.8, 4) is 0 Å². The third-order valence-corrected chi connectivity index (χ3v) is 6.83. The predicted molar refractivity (Wildman–Crippen MR) is 104 cm³/mol. The molecule has 3 aromatic rings. The maximum absolute atomic E-state index is 12.6. The highest BCUT2D eigenvalue weighted by molar-refractivity contribution is 9.11. The molecule has 0 bridgehead atoms. The number of hydrogen-bond acceptors (Lipinski definition) is 2. The zero-order valence-corrected chi connectivity index (χ0v) is 17.2. The van der Waals surface area contributed by atoms with Gasteiger partial charge in [0.2, 0.25) is 10.0 Å². The lowest BCUT2D eigenvalue weighted by molar-refractivity contribution is 0.581. The van der Waals surface area contributed by atoms with E-state index in [1.165, 1.54) is 0 Å². The van der Waals surface area contributed by atoms with E-state index in [1.807, 2.05) is 49.0 Å². The molecule has 0 saturated carbocycles. The molecule has 1 aromatic heterocycles. The third-order valence-electron chi connectivity index (χ3n) is 3.91. The average molecular weight is 472 g/mol. The lowest BCUT2D eigenvalue weighted by Gasteiger charge is -2.09. The van der Waals surface area contributed by atoms with Gasteiger partial charge in [0.05, 0.1) is 10.4 Å². The molecule has 0 unspecified atom stereocenters. The molecule has 1 heterocycles. The van der Waals surface area contributed by atoms with Crippen LogP contribution < -0.4 is 4.72 Å². The van der Waals surface area contributed by atoms with Crippen LogP contribution in [-0.4, -0.2) is 13.0 Å². The first-order valence-electron chi connectivity index (χ1n) is 7.27. The molecular formula is C17H16Br2N2O2S. The Labute approximate surface area is 158 Å². The number of rotatable bonds is 4. The van der Waals surface area contributed by atoms with Crippen molar-refractivity contribution >= 4 is 52.8 Å². The predicted octanol–water partition coefficient (Wildman–Crippen LogP) is 4.49. The van der Waals surface area contributed by atoms with Gasteiger partial charge < -0.3 is 4.57 Å². The van der Waals surface area contributed by atoms with Crippen molar-refractivity contribution in [1.82, 2.24) is 9.29 Å². The van der Waals surface area contributed by atoms with Gasteiger partial charge in [0.25, 0.3) is 0 Å². The molecule has 2 aromatic carbocycles. The lowest BCUT2D eigenvalue weighted by Crippen LogP contribution is -2.23. The zero-order valence-electron chi connectivity index (χ0n) is 13.2. The summed E-state index contributed by atoms with van der Waals surface area (Å²) in [6, 6.07) is 10.9. The maximum Gasteiger partial charge on any atom is 0.240 e. The van der Waals surface area contributed by atoms with Crippen molar-refractivity contribution in [1.29, 1.82) is 0 Å². The highest BCUT2D eigenvalue weighted by Gasteiger charge is 2.16. The Balaban J connectivity index is 1.87. The van der Waals surface area contributed by atoms with E-state index >= 15 is 0 Å². The summed E-state index contributed by atoms with van der Waals surface area (Å²) in [5.41, 5.74) is 2.85. The summed E-state index contributed by atoms with van der Waals surface area (Å²) in [7, 11) is -1.68. The number of aryl methyl sites for hydroxylation is 2. The quantitative estimate of drug-likeness (QED) is 0.609. The van der Waals surface area contributed by atoms with Crippen LogP contribution in [0.2, 0.25) is 0 Å². The zero-order chi connectivity index (χ0) is 17.5. The number of sulfonamides is 1. The molecule has 1 N–H and O–H groups in total. The second-order valence-corrected chi connectivity index (χ2v) is 9.15. The first kappa shape index (κ1) is 17.7. The maximum atomic E-state index is 12.6. The van der Waals surface area contributed by atoms with Crippen LogP contribution in [0.4, 0.5) is 0 Å². The number of hydrogen-bond donors (Lipinski definition) is 1. The molecule has 0 aliphatic heterocycles. The van der Waals surface area contributed by atoms with Crippen molar-refractivity contribution in [3.63, 3.8) is 0 Å². The molecule has 0 spiro atoms. The van der Waals surface area contributed by atoms with E-state index < -0.39 is 10.0 Å². The van der Waals surface area contributed by atoms with Gasteiger partial charge in [0.15, 0.2) is 0 Å². The number of aromatic nitrogens is 1. The van der Waals surface area contributed by atoms with Crippen LogP contribution in [0.15, 0.2) is 56.4 Å². The summed E-state index contributed by atoms with van der Waals surface area (Å²) >= 11 is 6.92. The Bertz CT molecular complexity index is 1030. The van der Waals surface area contributed by atoms with Crippen LogP contribution in [-0.2, 0) is 23.6 Å². The van der Waals surface area contributed by atoms with Crippen molar-refractivity contribution in [2.45, 2.75) is 18.4 Å². The monoisotopic (exact) mass is 470 g/mol. The molecule has 0 amide bonds. The Morgan fingerprint density at radius 1 is 1.08 bits per heavy atom. The minimum Gasteiger partial charge on any atom is -0.349 e. The van der Waals surface area contributed by atoms with Crippen LogP contribution in [0.25, 0.3) is 10.9 Å². The summed E-state index contributed by atoms with van der Waals surface area (Å²) in [4.78, 5) is 0.262. The number of fused-ring (bicyclic) bond motifs is 1. The molecule has 0 fully saturated rings. The van der Waals surface area contributed by atoms with Crippen molar-refractivity contribution < 1.29 is 8.42 Å². The van der Waals surface area contributed by atoms with Crippen LogP contribution >= 0.6 is 31.9 Å². The molecule has 126 valence electrons.